The van der Waals surface area contributed by atoms with Crippen molar-refractivity contribution >= 4 is 29.1 Å². The summed E-state index contributed by atoms with van der Waals surface area (Å²) in [7, 11) is 4.19. The molecule has 0 bridgehead atoms. The second-order valence-electron chi connectivity index (χ2n) is 5.99. The van der Waals surface area contributed by atoms with Crippen molar-refractivity contribution in [2.24, 2.45) is 0 Å². The first-order chi connectivity index (χ1) is 9.94. The summed E-state index contributed by atoms with van der Waals surface area (Å²) in [6.45, 7) is 0.666. The number of carbonyl (C=O) groups excluding carboxylic acids is 1. The molecule has 0 spiro atoms. The van der Waals surface area contributed by atoms with Crippen LogP contribution in [-0.4, -0.2) is 37.0 Å². The summed E-state index contributed by atoms with van der Waals surface area (Å²) in [4.78, 5) is 14.5. The highest BCUT2D eigenvalue weighted by molar-refractivity contribution is 6.42. The average Bonchev–Trinajstić information content (AvgIpc) is 2.48. The smallest absolute Gasteiger partial charge is 0.251 e. The van der Waals surface area contributed by atoms with E-state index in [0.717, 1.165) is 12.8 Å². The van der Waals surface area contributed by atoms with Crippen LogP contribution in [0.5, 0.6) is 0 Å². The van der Waals surface area contributed by atoms with Gasteiger partial charge in [0.25, 0.3) is 5.91 Å². The summed E-state index contributed by atoms with van der Waals surface area (Å²) in [6.07, 6.45) is 5.99. The predicted octanol–water partition coefficient (Wildman–Crippen LogP) is 3.99. The Hall–Kier alpha value is -0.770. The van der Waals surface area contributed by atoms with E-state index in [-0.39, 0.29) is 11.4 Å². The summed E-state index contributed by atoms with van der Waals surface area (Å²) in [5, 5.41) is 3.93. The van der Waals surface area contributed by atoms with Gasteiger partial charge < -0.3 is 10.2 Å². The van der Waals surface area contributed by atoms with E-state index in [4.69, 9.17) is 23.2 Å². The lowest BCUT2D eigenvalue weighted by Gasteiger charge is -2.43. The van der Waals surface area contributed by atoms with Gasteiger partial charge in [-0.3, -0.25) is 4.79 Å². The molecule has 0 heterocycles. The minimum absolute atomic E-state index is 0.0735. The Morgan fingerprint density at radius 3 is 2.43 bits per heavy atom. The Balaban J connectivity index is 2.03. The van der Waals surface area contributed by atoms with Crippen LogP contribution >= 0.6 is 23.2 Å². The average molecular weight is 329 g/mol. The van der Waals surface area contributed by atoms with Gasteiger partial charge in [-0.05, 0) is 45.1 Å². The second-order valence-corrected chi connectivity index (χ2v) is 6.81. The zero-order valence-electron chi connectivity index (χ0n) is 12.6. The number of carbonyl (C=O) groups is 1. The van der Waals surface area contributed by atoms with Crippen LogP contribution in [0.1, 0.15) is 42.5 Å². The largest absolute Gasteiger partial charge is 0.350 e. The normalized spacial score (nSPS) is 17.8. The fourth-order valence-electron chi connectivity index (χ4n) is 2.98. The molecule has 1 amide bonds. The van der Waals surface area contributed by atoms with Gasteiger partial charge in [0.1, 0.15) is 0 Å². The molecule has 0 atom stereocenters. The number of hydrogen-bond acceptors (Lipinski definition) is 2. The lowest BCUT2D eigenvalue weighted by Crippen LogP contribution is -2.53. The van der Waals surface area contributed by atoms with E-state index in [1.165, 1.54) is 19.3 Å². The zero-order chi connectivity index (χ0) is 15.5. The van der Waals surface area contributed by atoms with Crippen molar-refractivity contribution in [3.8, 4) is 0 Å². The van der Waals surface area contributed by atoms with Gasteiger partial charge in [-0.1, -0.05) is 42.5 Å². The number of rotatable bonds is 4. The van der Waals surface area contributed by atoms with Crippen LogP contribution in [-0.2, 0) is 0 Å². The molecule has 3 nitrogen and oxygen atoms in total. The minimum Gasteiger partial charge on any atom is -0.350 e. The predicted molar refractivity (Wildman–Crippen MR) is 88.3 cm³/mol. The third-order valence-electron chi connectivity index (χ3n) is 4.49. The topological polar surface area (TPSA) is 32.3 Å². The van der Waals surface area contributed by atoms with Crippen LogP contribution in [0.4, 0.5) is 0 Å². The molecule has 1 fully saturated rings. The van der Waals surface area contributed by atoms with Crippen molar-refractivity contribution in [2.75, 3.05) is 20.6 Å². The van der Waals surface area contributed by atoms with Crippen molar-refractivity contribution in [2.45, 2.75) is 37.6 Å². The van der Waals surface area contributed by atoms with Gasteiger partial charge in [0.2, 0.25) is 0 Å². The van der Waals surface area contributed by atoms with Crippen LogP contribution in [0.3, 0.4) is 0 Å². The molecule has 0 aliphatic heterocycles. The highest BCUT2D eigenvalue weighted by atomic mass is 35.5. The summed E-state index contributed by atoms with van der Waals surface area (Å²) >= 11 is 11.8. The van der Waals surface area contributed by atoms with Gasteiger partial charge in [0.05, 0.1) is 10.0 Å². The van der Waals surface area contributed by atoms with Gasteiger partial charge >= 0.3 is 0 Å². The van der Waals surface area contributed by atoms with E-state index in [2.05, 4.69) is 24.3 Å². The van der Waals surface area contributed by atoms with E-state index in [9.17, 15) is 4.79 Å². The Labute approximate surface area is 136 Å². The van der Waals surface area contributed by atoms with Gasteiger partial charge in [-0.15, -0.1) is 0 Å². The van der Waals surface area contributed by atoms with E-state index in [1.807, 2.05) is 0 Å². The standard InChI is InChI=1S/C16H22Cl2N2O/c1-20(2)16(8-4-3-5-9-16)11-19-15(21)12-6-7-13(17)14(18)10-12/h6-7,10H,3-5,8-9,11H2,1-2H3,(H,19,21). The van der Waals surface area contributed by atoms with Gasteiger partial charge in [-0.25, -0.2) is 0 Å². The van der Waals surface area contributed by atoms with Crippen LogP contribution in [0, 0.1) is 0 Å². The number of hydrogen-bond donors (Lipinski definition) is 1. The fraction of sp³-hybridized carbons (Fsp3) is 0.562. The maximum Gasteiger partial charge on any atom is 0.251 e. The van der Waals surface area contributed by atoms with Crippen molar-refractivity contribution in [1.82, 2.24) is 10.2 Å². The molecule has 0 radical (unpaired) electrons. The number of benzene rings is 1. The van der Waals surface area contributed by atoms with Crippen LogP contribution < -0.4 is 5.32 Å². The molecular formula is C16H22Cl2N2O. The molecule has 1 saturated carbocycles. The molecule has 1 aromatic carbocycles. The molecule has 1 aliphatic carbocycles. The fourth-order valence-corrected chi connectivity index (χ4v) is 3.27. The van der Waals surface area contributed by atoms with E-state index in [0.29, 0.717) is 22.2 Å². The molecule has 1 N–H and O–H groups in total. The van der Waals surface area contributed by atoms with Crippen molar-refractivity contribution < 1.29 is 4.79 Å². The van der Waals surface area contributed by atoms with Crippen molar-refractivity contribution in [1.29, 1.82) is 0 Å². The first kappa shape index (κ1) is 16.6. The summed E-state index contributed by atoms with van der Waals surface area (Å²) in [5.41, 5.74) is 0.624. The SMILES string of the molecule is CN(C)C1(CNC(=O)c2ccc(Cl)c(Cl)c2)CCCCC1. The molecule has 0 aromatic heterocycles. The molecule has 1 aliphatic rings. The monoisotopic (exact) mass is 328 g/mol. The van der Waals surface area contributed by atoms with Gasteiger partial charge in [0.15, 0.2) is 0 Å². The number of amides is 1. The van der Waals surface area contributed by atoms with Crippen LogP contribution in [0.15, 0.2) is 18.2 Å². The number of likely N-dealkylation sites (N-methyl/N-ethyl adjacent to an activating group) is 1. The third-order valence-corrected chi connectivity index (χ3v) is 5.23. The summed E-state index contributed by atoms with van der Waals surface area (Å²) < 4.78 is 0. The third kappa shape index (κ3) is 3.91. The van der Waals surface area contributed by atoms with Crippen LogP contribution in [0.2, 0.25) is 10.0 Å². The number of nitrogens with zero attached hydrogens (tertiary/aromatic N) is 1. The Morgan fingerprint density at radius 1 is 1.19 bits per heavy atom. The number of nitrogens with one attached hydrogen (secondary N) is 1. The lowest BCUT2D eigenvalue weighted by molar-refractivity contribution is 0.0799. The Bertz CT molecular complexity index is 511. The van der Waals surface area contributed by atoms with Gasteiger partial charge in [0, 0.05) is 17.6 Å². The molecule has 116 valence electrons. The summed E-state index contributed by atoms with van der Waals surface area (Å²) in [6, 6.07) is 4.97. The Kier molecular flexibility index (Phi) is 5.53. The molecule has 1 aromatic rings. The first-order valence-electron chi connectivity index (χ1n) is 7.35. The molecule has 0 unspecified atom stereocenters. The molecule has 5 heteroatoms. The zero-order valence-corrected chi connectivity index (χ0v) is 14.1. The van der Waals surface area contributed by atoms with Crippen molar-refractivity contribution in [3.05, 3.63) is 33.8 Å². The summed E-state index contributed by atoms with van der Waals surface area (Å²) in [5.74, 6) is -0.0969. The molecule has 2 rings (SSSR count). The van der Waals surface area contributed by atoms with E-state index < -0.39 is 0 Å². The second kappa shape index (κ2) is 6.99. The first-order valence-corrected chi connectivity index (χ1v) is 8.11. The Morgan fingerprint density at radius 2 is 1.86 bits per heavy atom. The molecule has 0 saturated heterocycles. The van der Waals surface area contributed by atoms with Crippen molar-refractivity contribution in [3.63, 3.8) is 0 Å². The number of halogens is 2. The highest BCUT2D eigenvalue weighted by Gasteiger charge is 2.34. The highest BCUT2D eigenvalue weighted by Crippen LogP contribution is 2.31. The molecular weight excluding hydrogens is 307 g/mol. The van der Waals surface area contributed by atoms with Crippen LogP contribution in [0.25, 0.3) is 0 Å². The maximum absolute atomic E-state index is 12.3. The van der Waals surface area contributed by atoms with E-state index >= 15 is 0 Å². The quantitative estimate of drug-likeness (QED) is 0.906. The maximum atomic E-state index is 12.3. The minimum atomic E-state index is -0.0969. The van der Waals surface area contributed by atoms with Gasteiger partial charge in [-0.2, -0.15) is 0 Å². The van der Waals surface area contributed by atoms with E-state index in [1.54, 1.807) is 18.2 Å². The molecule has 21 heavy (non-hydrogen) atoms. The lowest BCUT2D eigenvalue weighted by atomic mass is 9.80.